The van der Waals surface area contributed by atoms with Gasteiger partial charge in [-0.2, -0.15) is 0 Å². The lowest BCUT2D eigenvalue weighted by Crippen LogP contribution is -2.22. The van der Waals surface area contributed by atoms with Crippen LogP contribution in [0.2, 0.25) is 0 Å². The van der Waals surface area contributed by atoms with Gasteiger partial charge in [0.1, 0.15) is 4.90 Å². The van der Waals surface area contributed by atoms with Gasteiger partial charge in [0.05, 0.1) is 12.8 Å². The van der Waals surface area contributed by atoms with E-state index in [2.05, 4.69) is 4.98 Å². The molecule has 0 aliphatic carbocycles. The van der Waals surface area contributed by atoms with Crippen molar-refractivity contribution in [2.45, 2.75) is 17.7 Å². The van der Waals surface area contributed by atoms with E-state index in [1.165, 1.54) is 0 Å². The fourth-order valence-corrected chi connectivity index (χ4v) is 2.43. The van der Waals surface area contributed by atoms with Crippen LogP contribution in [0.25, 0.3) is 0 Å². The van der Waals surface area contributed by atoms with Gasteiger partial charge in [0.15, 0.2) is 5.82 Å². The van der Waals surface area contributed by atoms with Gasteiger partial charge in [-0.05, 0) is 18.8 Å². The van der Waals surface area contributed by atoms with Crippen LogP contribution < -0.4 is 4.74 Å². The molecule has 5 nitrogen and oxygen atoms in total. The van der Waals surface area contributed by atoms with Gasteiger partial charge in [-0.3, -0.25) is 0 Å². The molecule has 19 heavy (non-hydrogen) atoms. The van der Waals surface area contributed by atoms with E-state index in [9.17, 15) is 12.8 Å². The van der Waals surface area contributed by atoms with Gasteiger partial charge < -0.3 is 9.47 Å². The van der Waals surface area contributed by atoms with Crippen molar-refractivity contribution in [1.29, 1.82) is 0 Å². The molecule has 8 heteroatoms. The molecule has 1 aromatic rings. The smallest absolute Gasteiger partial charge is 0.262 e. The second-order valence-electron chi connectivity index (χ2n) is 4.26. The highest BCUT2D eigenvalue weighted by Gasteiger charge is 2.18. The van der Waals surface area contributed by atoms with E-state index in [0.717, 1.165) is 25.1 Å². The molecule has 0 radical (unpaired) electrons. The lowest BCUT2D eigenvalue weighted by molar-refractivity contribution is 0.0483. The van der Waals surface area contributed by atoms with Crippen molar-refractivity contribution < 1.29 is 22.3 Å². The maximum absolute atomic E-state index is 13.6. The quantitative estimate of drug-likeness (QED) is 0.795. The molecule has 0 N–H and O–H groups in total. The molecule has 1 aliphatic heterocycles. The maximum Gasteiger partial charge on any atom is 0.262 e. The molecule has 0 saturated carbocycles. The Hall–Kier alpha value is -0.920. The highest BCUT2D eigenvalue weighted by atomic mass is 35.7. The largest absolute Gasteiger partial charge is 0.475 e. The summed E-state index contributed by atoms with van der Waals surface area (Å²) < 4.78 is 46.1. The van der Waals surface area contributed by atoms with Crippen LogP contribution in [0.15, 0.2) is 17.2 Å². The van der Waals surface area contributed by atoms with E-state index in [-0.39, 0.29) is 10.8 Å². The highest BCUT2D eigenvalue weighted by Crippen LogP contribution is 2.22. The Labute approximate surface area is 115 Å². The summed E-state index contributed by atoms with van der Waals surface area (Å²) in [6.07, 6.45) is 2.69. The van der Waals surface area contributed by atoms with Crippen LogP contribution in [-0.4, -0.2) is 33.2 Å². The van der Waals surface area contributed by atoms with Crippen LogP contribution in [0, 0.1) is 11.7 Å². The number of aromatic nitrogens is 1. The fourth-order valence-electron chi connectivity index (χ4n) is 1.76. The summed E-state index contributed by atoms with van der Waals surface area (Å²) in [7, 11) is 1.11. The molecule has 1 fully saturated rings. The van der Waals surface area contributed by atoms with Crippen molar-refractivity contribution in [2.75, 3.05) is 19.8 Å². The van der Waals surface area contributed by atoms with Crippen molar-refractivity contribution >= 4 is 19.7 Å². The van der Waals surface area contributed by atoms with Gasteiger partial charge in [-0.1, -0.05) is 0 Å². The molecule has 0 bridgehead atoms. The van der Waals surface area contributed by atoms with Gasteiger partial charge in [-0.15, -0.1) is 0 Å². The average Bonchev–Trinajstić information content (AvgIpc) is 2.37. The second-order valence-corrected chi connectivity index (χ2v) is 6.83. The van der Waals surface area contributed by atoms with Crippen molar-refractivity contribution in [2.24, 2.45) is 5.92 Å². The number of halogens is 2. The topological polar surface area (TPSA) is 65.5 Å². The first-order valence-electron chi connectivity index (χ1n) is 5.77. The van der Waals surface area contributed by atoms with Crippen LogP contribution in [0.1, 0.15) is 12.8 Å². The van der Waals surface area contributed by atoms with E-state index in [1.807, 2.05) is 0 Å². The maximum atomic E-state index is 13.6. The van der Waals surface area contributed by atoms with Crippen LogP contribution >= 0.6 is 10.7 Å². The highest BCUT2D eigenvalue weighted by molar-refractivity contribution is 8.13. The summed E-state index contributed by atoms with van der Waals surface area (Å²) >= 11 is 0. The Morgan fingerprint density at radius 1 is 1.47 bits per heavy atom. The molecule has 106 valence electrons. The van der Waals surface area contributed by atoms with E-state index in [1.54, 1.807) is 0 Å². The van der Waals surface area contributed by atoms with Gasteiger partial charge in [0, 0.05) is 30.0 Å². The van der Waals surface area contributed by atoms with E-state index >= 15 is 0 Å². The zero-order valence-electron chi connectivity index (χ0n) is 10.0. The Morgan fingerprint density at radius 2 is 2.16 bits per heavy atom. The number of ether oxygens (including phenoxy) is 2. The summed E-state index contributed by atoms with van der Waals surface area (Å²) in [6, 6.07) is 0.800. The molecule has 2 rings (SSSR count). The third-order valence-electron chi connectivity index (χ3n) is 2.86. The van der Waals surface area contributed by atoms with Crippen LogP contribution in [0.4, 0.5) is 4.39 Å². The standard InChI is InChI=1S/C11H13ClFNO4S/c12-19(15,16)9-5-10(13)11(14-6-9)18-7-8-1-3-17-4-2-8/h5-6,8H,1-4,7H2. The Balaban J connectivity index is 2.01. The predicted octanol–water partition coefficient (Wildman–Crippen LogP) is 1.95. The van der Waals surface area contributed by atoms with Crippen LogP contribution in [-0.2, 0) is 13.8 Å². The minimum Gasteiger partial charge on any atom is -0.475 e. The number of pyridine rings is 1. The Kier molecular flexibility index (Phi) is 4.59. The summed E-state index contributed by atoms with van der Waals surface area (Å²) in [5, 5.41) is 0. The van der Waals surface area contributed by atoms with E-state index < -0.39 is 14.9 Å². The normalized spacial score (nSPS) is 17.4. The Morgan fingerprint density at radius 3 is 2.74 bits per heavy atom. The van der Waals surface area contributed by atoms with Crippen molar-refractivity contribution in [3.8, 4) is 5.88 Å². The zero-order valence-corrected chi connectivity index (χ0v) is 11.6. The van der Waals surface area contributed by atoms with Crippen LogP contribution in [0.3, 0.4) is 0 Å². The molecule has 2 heterocycles. The summed E-state index contributed by atoms with van der Waals surface area (Å²) in [6.45, 7) is 1.68. The van der Waals surface area contributed by atoms with Crippen molar-refractivity contribution in [1.82, 2.24) is 4.98 Å². The fraction of sp³-hybridized carbons (Fsp3) is 0.545. The third kappa shape index (κ3) is 4.02. The first kappa shape index (κ1) is 14.5. The summed E-state index contributed by atoms with van der Waals surface area (Å²) in [5.41, 5.74) is 0. The van der Waals surface area contributed by atoms with Gasteiger partial charge in [-0.25, -0.2) is 17.8 Å². The van der Waals surface area contributed by atoms with Crippen LogP contribution in [0.5, 0.6) is 5.88 Å². The first-order chi connectivity index (χ1) is 8.97. The SMILES string of the molecule is O=S(=O)(Cl)c1cnc(OCC2CCOCC2)c(F)c1. The molecule has 1 aliphatic rings. The average molecular weight is 310 g/mol. The first-order valence-corrected chi connectivity index (χ1v) is 8.08. The molecule has 0 spiro atoms. The monoisotopic (exact) mass is 309 g/mol. The minimum atomic E-state index is -3.98. The van der Waals surface area contributed by atoms with E-state index in [0.29, 0.717) is 25.7 Å². The predicted molar refractivity (Wildman–Crippen MR) is 66.3 cm³/mol. The number of hydrogen-bond acceptors (Lipinski definition) is 5. The third-order valence-corrected chi connectivity index (χ3v) is 4.18. The number of nitrogens with zero attached hydrogens (tertiary/aromatic N) is 1. The summed E-state index contributed by atoms with van der Waals surface area (Å²) in [4.78, 5) is 3.25. The lowest BCUT2D eigenvalue weighted by Gasteiger charge is -2.21. The summed E-state index contributed by atoms with van der Waals surface area (Å²) in [5.74, 6) is -0.754. The molecule has 1 saturated heterocycles. The zero-order chi connectivity index (χ0) is 13.9. The molecule has 1 aromatic heterocycles. The minimum absolute atomic E-state index is 0.212. The molecule has 0 aromatic carbocycles. The number of hydrogen-bond donors (Lipinski definition) is 0. The van der Waals surface area contributed by atoms with Gasteiger partial charge >= 0.3 is 0 Å². The molecule has 0 amide bonds. The molecule has 0 atom stereocenters. The number of rotatable bonds is 4. The lowest BCUT2D eigenvalue weighted by atomic mass is 10.0. The van der Waals surface area contributed by atoms with Gasteiger partial charge in [0.2, 0.25) is 5.88 Å². The molecular formula is C11H13ClFNO4S. The Bertz CT molecular complexity index is 546. The molecular weight excluding hydrogens is 297 g/mol. The van der Waals surface area contributed by atoms with Crippen molar-refractivity contribution in [3.63, 3.8) is 0 Å². The van der Waals surface area contributed by atoms with Crippen molar-refractivity contribution in [3.05, 3.63) is 18.1 Å². The van der Waals surface area contributed by atoms with E-state index in [4.69, 9.17) is 20.2 Å². The second kappa shape index (κ2) is 6.02. The molecule has 0 unspecified atom stereocenters. The van der Waals surface area contributed by atoms with Gasteiger partial charge in [0.25, 0.3) is 9.05 Å².